The van der Waals surface area contributed by atoms with Crippen LogP contribution in [0.2, 0.25) is 0 Å². The summed E-state index contributed by atoms with van der Waals surface area (Å²) in [4.78, 5) is 7.09. The number of pyridine rings is 1. The molecule has 0 saturated heterocycles. The number of hydrogen-bond donors (Lipinski definition) is 1. The number of nitrogens with one attached hydrogen (secondary N) is 1. The third-order valence-electron chi connectivity index (χ3n) is 3.73. The van der Waals surface area contributed by atoms with Gasteiger partial charge in [0.05, 0.1) is 0 Å². The zero-order valence-corrected chi connectivity index (χ0v) is 13.4. The van der Waals surface area contributed by atoms with Crippen LogP contribution in [0, 0.1) is 12.8 Å². The fraction of sp³-hybridized carbons (Fsp3) is 0.706. The molecule has 0 amide bonds. The lowest BCUT2D eigenvalue weighted by Crippen LogP contribution is -2.29. The second-order valence-electron chi connectivity index (χ2n) is 6.40. The normalized spacial score (nSPS) is 14.8. The topological polar surface area (TPSA) is 28.2 Å². The van der Waals surface area contributed by atoms with E-state index in [2.05, 4.69) is 55.2 Å². The molecule has 3 heteroatoms. The highest BCUT2D eigenvalue weighted by molar-refractivity contribution is 5.55. The molecule has 112 valence electrons. The van der Waals surface area contributed by atoms with Gasteiger partial charge in [-0.3, -0.25) is 4.98 Å². The number of anilines is 1. The summed E-state index contributed by atoms with van der Waals surface area (Å²) >= 11 is 0. The van der Waals surface area contributed by atoms with Crippen LogP contribution in [0.5, 0.6) is 0 Å². The molecule has 1 aromatic rings. The predicted octanol–water partition coefficient (Wildman–Crippen LogP) is 3.51. The standard InChI is InChI=1S/C17H29N3/c1-5-8-20(16-6-7-16)17-9-14(4)19-12-15(17)11-18-10-13(2)3/h9,12-13,16,18H,5-8,10-11H2,1-4H3. The van der Waals surface area contributed by atoms with Crippen molar-refractivity contribution in [1.82, 2.24) is 10.3 Å². The zero-order chi connectivity index (χ0) is 14.5. The minimum absolute atomic E-state index is 0.687. The van der Waals surface area contributed by atoms with Crippen molar-refractivity contribution < 1.29 is 0 Å². The maximum atomic E-state index is 4.49. The van der Waals surface area contributed by atoms with Gasteiger partial charge in [-0.2, -0.15) is 0 Å². The van der Waals surface area contributed by atoms with Crippen LogP contribution in [0.1, 0.15) is 51.3 Å². The smallest absolute Gasteiger partial charge is 0.0448 e. The molecule has 0 atom stereocenters. The fourth-order valence-electron chi connectivity index (χ4n) is 2.60. The molecule has 2 rings (SSSR count). The van der Waals surface area contributed by atoms with Gasteiger partial charge in [-0.15, -0.1) is 0 Å². The molecular weight excluding hydrogens is 246 g/mol. The quantitative estimate of drug-likeness (QED) is 0.787. The van der Waals surface area contributed by atoms with Crippen LogP contribution < -0.4 is 10.2 Å². The van der Waals surface area contributed by atoms with Crippen LogP contribution in [-0.4, -0.2) is 24.1 Å². The molecule has 3 nitrogen and oxygen atoms in total. The molecular formula is C17H29N3. The van der Waals surface area contributed by atoms with Crippen molar-refractivity contribution in [2.24, 2.45) is 5.92 Å². The van der Waals surface area contributed by atoms with Crippen molar-refractivity contribution >= 4 is 5.69 Å². The molecule has 1 fully saturated rings. The van der Waals surface area contributed by atoms with Crippen molar-refractivity contribution in [3.05, 3.63) is 23.5 Å². The van der Waals surface area contributed by atoms with Crippen molar-refractivity contribution in [2.45, 2.75) is 59.5 Å². The minimum atomic E-state index is 0.687. The van der Waals surface area contributed by atoms with Gasteiger partial charge < -0.3 is 10.2 Å². The van der Waals surface area contributed by atoms with Crippen LogP contribution >= 0.6 is 0 Å². The summed E-state index contributed by atoms with van der Waals surface area (Å²) in [6.45, 7) is 12.0. The Hall–Kier alpha value is -1.09. The summed E-state index contributed by atoms with van der Waals surface area (Å²) in [7, 11) is 0. The Balaban J connectivity index is 2.13. The lowest BCUT2D eigenvalue weighted by molar-refractivity contribution is 0.551. The lowest BCUT2D eigenvalue weighted by atomic mass is 10.1. The van der Waals surface area contributed by atoms with Gasteiger partial charge in [0.25, 0.3) is 0 Å². The van der Waals surface area contributed by atoms with E-state index in [1.807, 2.05) is 0 Å². The number of rotatable bonds is 8. The number of aryl methyl sites for hydroxylation is 1. The first-order chi connectivity index (χ1) is 9.61. The molecule has 0 radical (unpaired) electrons. The molecule has 1 aromatic heterocycles. The maximum absolute atomic E-state index is 4.49. The Kier molecular flexibility index (Phi) is 5.41. The van der Waals surface area contributed by atoms with Gasteiger partial charge >= 0.3 is 0 Å². The average molecular weight is 275 g/mol. The molecule has 1 aliphatic rings. The molecule has 0 aromatic carbocycles. The summed E-state index contributed by atoms with van der Waals surface area (Å²) in [5.41, 5.74) is 3.86. The van der Waals surface area contributed by atoms with Gasteiger partial charge in [-0.25, -0.2) is 0 Å². The Morgan fingerprint density at radius 1 is 1.40 bits per heavy atom. The molecule has 0 bridgehead atoms. The number of hydrogen-bond acceptors (Lipinski definition) is 3. The van der Waals surface area contributed by atoms with E-state index in [1.54, 1.807) is 0 Å². The van der Waals surface area contributed by atoms with E-state index in [0.717, 1.165) is 31.4 Å². The van der Waals surface area contributed by atoms with Crippen LogP contribution in [0.25, 0.3) is 0 Å². The van der Waals surface area contributed by atoms with E-state index in [0.29, 0.717) is 5.92 Å². The van der Waals surface area contributed by atoms with Crippen molar-refractivity contribution in [1.29, 1.82) is 0 Å². The van der Waals surface area contributed by atoms with Gasteiger partial charge in [0, 0.05) is 42.3 Å². The average Bonchev–Trinajstić information content (AvgIpc) is 3.22. The number of aromatic nitrogens is 1. The van der Waals surface area contributed by atoms with Crippen molar-refractivity contribution in [2.75, 3.05) is 18.0 Å². The van der Waals surface area contributed by atoms with E-state index < -0.39 is 0 Å². The first-order valence-electron chi connectivity index (χ1n) is 8.04. The minimum Gasteiger partial charge on any atom is -0.368 e. The van der Waals surface area contributed by atoms with Crippen LogP contribution in [-0.2, 0) is 6.54 Å². The summed E-state index contributed by atoms with van der Waals surface area (Å²) in [5, 5.41) is 3.55. The van der Waals surface area contributed by atoms with E-state index in [-0.39, 0.29) is 0 Å². The summed E-state index contributed by atoms with van der Waals surface area (Å²) in [6, 6.07) is 3.03. The fourth-order valence-corrected chi connectivity index (χ4v) is 2.60. The highest BCUT2D eigenvalue weighted by atomic mass is 15.2. The Morgan fingerprint density at radius 2 is 2.15 bits per heavy atom. The van der Waals surface area contributed by atoms with Crippen molar-refractivity contribution in [3.63, 3.8) is 0 Å². The Labute approximate surface area is 123 Å². The van der Waals surface area contributed by atoms with Crippen LogP contribution in [0.3, 0.4) is 0 Å². The van der Waals surface area contributed by atoms with Crippen molar-refractivity contribution in [3.8, 4) is 0 Å². The largest absolute Gasteiger partial charge is 0.368 e. The molecule has 0 unspecified atom stereocenters. The summed E-state index contributed by atoms with van der Waals surface area (Å²) in [6.07, 6.45) is 5.96. The van der Waals surface area contributed by atoms with E-state index in [1.165, 1.54) is 30.5 Å². The first kappa shape index (κ1) is 15.3. The number of nitrogens with zero attached hydrogens (tertiary/aromatic N) is 2. The molecule has 0 aliphatic heterocycles. The molecule has 1 aliphatic carbocycles. The maximum Gasteiger partial charge on any atom is 0.0448 e. The molecule has 20 heavy (non-hydrogen) atoms. The van der Waals surface area contributed by atoms with Gasteiger partial charge in [-0.05, 0) is 44.7 Å². The van der Waals surface area contributed by atoms with E-state index >= 15 is 0 Å². The van der Waals surface area contributed by atoms with Gasteiger partial charge in [0.15, 0.2) is 0 Å². The second kappa shape index (κ2) is 7.07. The molecule has 1 saturated carbocycles. The molecule has 0 spiro atoms. The van der Waals surface area contributed by atoms with Gasteiger partial charge in [-0.1, -0.05) is 20.8 Å². The van der Waals surface area contributed by atoms with Gasteiger partial charge in [0.1, 0.15) is 0 Å². The van der Waals surface area contributed by atoms with E-state index in [4.69, 9.17) is 0 Å². The summed E-state index contributed by atoms with van der Waals surface area (Å²) in [5.74, 6) is 0.687. The van der Waals surface area contributed by atoms with Gasteiger partial charge in [0.2, 0.25) is 0 Å². The third kappa shape index (κ3) is 4.20. The monoisotopic (exact) mass is 275 g/mol. The first-order valence-corrected chi connectivity index (χ1v) is 8.04. The highest BCUT2D eigenvalue weighted by Crippen LogP contribution is 2.33. The second-order valence-corrected chi connectivity index (χ2v) is 6.40. The molecule has 1 N–H and O–H groups in total. The van der Waals surface area contributed by atoms with Crippen LogP contribution in [0.4, 0.5) is 5.69 Å². The van der Waals surface area contributed by atoms with E-state index in [9.17, 15) is 0 Å². The molecule has 1 heterocycles. The lowest BCUT2D eigenvalue weighted by Gasteiger charge is -2.27. The predicted molar refractivity (Wildman–Crippen MR) is 86.2 cm³/mol. The zero-order valence-electron chi connectivity index (χ0n) is 13.4. The SMILES string of the molecule is CCCN(c1cc(C)ncc1CNCC(C)C)C1CC1. The third-order valence-corrected chi connectivity index (χ3v) is 3.73. The van der Waals surface area contributed by atoms with Crippen LogP contribution in [0.15, 0.2) is 12.3 Å². The Bertz CT molecular complexity index is 424. The Morgan fingerprint density at radius 3 is 2.75 bits per heavy atom. The summed E-state index contributed by atoms with van der Waals surface area (Å²) < 4.78 is 0. The highest BCUT2D eigenvalue weighted by Gasteiger charge is 2.29.